The predicted octanol–water partition coefficient (Wildman–Crippen LogP) is 3.62. The van der Waals surface area contributed by atoms with Gasteiger partial charge in [0.2, 0.25) is 10.0 Å². The highest BCUT2D eigenvalue weighted by Crippen LogP contribution is 2.27. The van der Waals surface area contributed by atoms with Gasteiger partial charge in [-0.25, -0.2) is 17.5 Å². The van der Waals surface area contributed by atoms with E-state index in [1.165, 1.54) is 10.6 Å². The van der Waals surface area contributed by atoms with Crippen molar-refractivity contribution in [3.05, 3.63) is 59.7 Å². The Morgan fingerprint density at radius 1 is 0.946 bits per heavy atom. The minimum absolute atomic E-state index is 0.00316. The van der Waals surface area contributed by atoms with Crippen LogP contribution in [0, 0.1) is 5.92 Å². The molecule has 1 aliphatic carbocycles. The number of benzene rings is 2. The molecule has 2 aliphatic rings. The number of nitrogens with one attached hydrogen (secondary N) is 1. The molecule has 0 spiro atoms. The Hall–Kier alpha value is -3.11. The molecule has 1 saturated heterocycles. The van der Waals surface area contributed by atoms with Crippen LogP contribution < -0.4 is 14.8 Å². The lowest BCUT2D eigenvalue weighted by Crippen LogP contribution is -2.51. The molecular weight excluding hydrogens is 496 g/mol. The van der Waals surface area contributed by atoms with Crippen molar-refractivity contribution in [3.63, 3.8) is 0 Å². The summed E-state index contributed by atoms with van der Waals surface area (Å²) in [5.74, 6) is 1.37. The summed E-state index contributed by atoms with van der Waals surface area (Å²) in [5, 5.41) is 2.84. The minimum atomic E-state index is -3.13. The first kappa shape index (κ1) is 26.9. The fourth-order valence-electron chi connectivity index (χ4n) is 4.11. The summed E-state index contributed by atoms with van der Waals surface area (Å²) < 4.78 is 41.3. The summed E-state index contributed by atoms with van der Waals surface area (Å²) in [5.41, 5.74) is 0.567. The van der Waals surface area contributed by atoms with Gasteiger partial charge in [0.25, 0.3) is 0 Å². The second kappa shape index (κ2) is 10.7. The quantitative estimate of drug-likeness (QED) is 0.493. The van der Waals surface area contributed by atoms with Crippen LogP contribution in [0.1, 0.15) is 49.5 Å². The topological polar surface area (TPSA) is 111 Å². The van der Waals surface area contributed by atoms with Crippen LogP contribution in [-0.4, -0.2) is 68.3 Å². The van der Waals surface area contributed by atoms with Crippen molar-refractivity contribution in [3.8, 4) is 11.5 Å². The zero-order chi connectivity index (χ0) is 26.8. The van der Waals surface area contributed by atoms with Crippen molar-refractivity contribution in [2.75, 3.05) is 26.0 Å². The Morgan fingerprint density at radius 2 is 1.49 bits per heavy atom. The monoisotopic (exact) mass is 530 g/mol. The Labute approximate surface area is 218 Å². The van der Waals surface area contributed by atoms with E-state index in [1.54, 1.807) is 48.5 Å². The zero-order valence-electron chi connectivity index (χ0n) is 21.6. The fraction of sp³-hybridized carbons (Fsp3) is 0.481. The average molecular weight is 531 g/mol. The van der Waals surface area contributed by atoms with Gasteiger partial charge in [0.15, 0.2) is 5.78 Å². The zero-order valence-corrected chi connectivity index (χ0v) is 22.4. The number of ether oxygens (including phenoxy) is 3. The molecule has 1 amide bonds. The molecule has 4 rings (SSSR count). The third-order valence-corrected chi connectivity index (χ3v) is 7.47. The van der Waals surface area contributed by atoms with E-state index in [2.05, 4.69) is 5.32 Å². The van der Waals surface area contributed by atoms with Gasteiger partial charge >= 0.3 is 6.09 Å². The first-order valence-electron chi connectivity index (χ1n) is 12.3. The van der Waals surface area contributed by atoms with Crippen LogP contribution in [-0.2, 0) is 14.8 Å². The highest BCUT2D eigenvalue weighted by Gasteiger charge is 2.34. The number of rotatable bonds is 9. The molecule has 0 atom stereocenters. The van der Waals surface area contributed by atoms with Gasteiger partial charge in [-0.15, -0.1) is 0 Å². The number of alkyl carbamates (subject to hydrolysis) is 1. The van der Waals surface area contributed by atoms with Crippen molar-refractivity contribution in [1.29, 1.82) is 0 Å². The molecule has 1 heterocycles. The molecule has 1 N–H and O–H groups in total. The Bertz CT molecular complexity index is 1210. The van der Waals surface area contributed by atoms with Gasteiger partial charge in [-0.2, -0.15) is 0 Å². The number of ketones is 1. The molecule has 1 aliphatic heterocycles. The van der Waals surface area contributed by atoms with Gasteiger partial charge in [0.1, 0.15) is 23.2 Å². The van der Waals surface area contributed by atoms with Crippen molar-refractivity contribution in [2.45, 2.75) is 51.4 Å². The Morgan fingerprint density at radius 3 is 2.00 bits per heavy atom. The molecule has 2 aromatic rings. The third kappa shape index (κ3) is 7.45. The van der Waals surface area contributed by atoms with Crippen LogP contribution in [0.25, 0.3) is 0 Å². The average Bonchev–Trinajstić information content (AvgIpc) is 2.75. The summed E-state index contributed by atoms with van der Waals surface area (Å²) >= 11 is 0. The molecule has 0 bridgehead atoms. The first-order chi connectivity index (χ1) is 17.4. The fourth-order valence-corrected chi connectivity index (χ4v) is 5.08. The highest BCUT2D eigenvalue weighted by molar-refractivity contribution is 7.88. The van der Waals surface area contributed by atoms with Gasteiger partial charge in [-0.3, -0.25) is 4.79 Å². The standard InChI is InChI=1S/C27H34N2O7S/c1-27(2,3)36-26(31)28-21-13-24(14-21)35-23-11-7-20(8-12-23)25(30)19-5-9-22(10-6-19)34-17-18-15-29(16-18)37(4,32)33/h5-12,18,21,24H,13-17H2,1-4H3,(H,28,31). The minimum Gasteiger partial charge on any atom is -0.493 e. The lowest BCUT2D eigenvalue weighted by atomic mass is 9.89. The van der Waals surface area contributed by atoms with Crippen molar-refractivity contribution in [2.24, 2.45) is 5.92 Å². The van der Waals surface area contributed by atoms with Crippen LogP contribution in [0.2, 0.25) is 0 Å². The number of carbonyl (C=O) groups is 2. The van der Waals surface area contributed by atoms with Gasteiger partial charge in [-0.05, 0) is 69.3 Å². The SMILES string of the molecule is CC(C)(C)OC(=O)NC1CC(Oc2ccc(C(=O)c3ccc(OCC4CN(S(C)(=O)=O)C4)cc3)cc2)C1. The second-order valence-electron chi connectivity index (χ2n) is 10.7. The molecule has 9 nitrogen and oxygen atoms in total. The van der Waals surface area contributed by atoms with E-state index in [4.69, 9.17) is 14.2 Å². The molecule has 0 aromatic heterocycles. The highest BCUT2D eigenvalue weighted by atomic mass is 32.2. The van der Waals surface area contributed by atoms with Gasteiger partial charge in [-0.1, -0.05) is 0 Å². The third-order valence-electron chi connectivity index (χ3n) is 6.23. The van der Waals surface area contributed by atoms with Crippen LogP contribution in [0.3, 0.4) is 0 Å². The predicted molar refractivity (Wildman–Crippen MR) is 139 cm³/mol. The van der Waals surface area contributed by atoms with E-state index in [1.807, 2.05) is 20.8 Å². The summed E-state index contributed by atoms with van der Waals surface area (Å²) in [7, 11) is -3.13. The first-order valence-corrected chi connectivity index (χ1v) is 14.2. The van der Waals surface area contributed by atoms with Crippen molar-refractivity contribution >= 4 is 21.9 Å². The van der Waals surface area contributed by atoms with E-state index >= 15 is 0 Å². The number of hydrogen-bond acceptors (Lipinski definition) is 7. The molecule has 200 valence electrons. The maximum atomic E-state index is 12.9. The van der Waals surface area contributed by atoms with E-state index in [0.29, 0.717) is 55.2 Å². The van der Waals surface area contributed by atoms with E-state index in [9.17, 15) is 18.0 Å². The summed E-state index contributed by atoms with van der Waals surface area (Å²) in [6, 6.07) is 14.0. The Balaban J connectivity index is 1.20. The lowest BCUT2D eigenvalue weighted by Gasteiger charge is -2.36. The van der Waals surface area contributed by atoms with Crippen molar-refractivity contribution in [1.82, 2.24) is 9.62 Å². The van der Waals surface area contributed by atoms with Gasteiger partial charge in [0, 0.05) is 49.0 Å². The summed E-state index contributed by atoms with van der Waals surface area (Å²) in [6.45, 7) is 6.85. The van der Waals surface area contributed by atoms with Gasteiger partial charge in [0.05, 0.1) is 12.9 Å². The number of carbonyl (C=O) groups excluding carboxylic acids is 2. The molecule has 10 heteroatoms. The molecule has 2 fully saturated rings. The number of nitrogens with zero attached hydrogens (tertiary/aromatic N) is 1. The molecule has 37 heavy (non-hydrogen) atoms. The van der Waals surface area contributed by atoms with Crippen LogP contribution in [0.15, 0.2) is 48.5 Å². The van der Waals surface area contributed by atoms with Crippen LogP contribution >= 0.6 is 0 Å². The summed E-state index contributed by atoms with van der Waals surface area (Å²) in [6.07, 6.45) is 2.19. The lowest BCUT2D eigenvalue weighted by molar-refractivity contribution is 0.0362. The summed E-state index contributed by atoms with van der Waals surface area (Å²) in [4.78, 5) is 24.7. The smallest absolute Gasteiger partial charge is 0.407 e. The van der Waals surface area contributed by atoms with E-state index < -0.39 is 21.7 Å². The molecule has 1 saturated carbocycles. The maximum Gasteiger partial charge on any atom is 0.407 e. The molecular formula is C27H34N2O7S. The number of sulfonamides is 1. The largest absolute Gasteiger partial charge is 0.493 e. The van der Waals surface area contributed by atoms with Crippen LogP contribution in [0.4, 0.5) is 4.79 Å². The van der Waals surface area contributed by atoms with Crippen LogP contribution in [0.5, 0.6) is 11.5 Å². The number of amides is 1. The van der Waals surface area contributed by atoms with E-state index in [0.717, 1.165) is 0 Å². The molecule has 0 radical (unpaired) electrons. The van der Waals surface area contributed by atoms with Gasteiger partial charge < -0.3 is 19.5 Å². The maximum absolute atomic E-state index is 12.9. The normalized spacial score (nSPS) is 20.3. The Kier molecular flexibility index (Phi) is 7.80. The molecule has 0 unspecified atom stereocenters. The van der Waals surface area contributed by atoms with E-state index in [-0.39, 0.29) is 23.8 Å². The van der Waals surface area contributed by atoms with Crippen molar-refractivity contribution < 1.29 is 32.2 Å². The second-order valence-corrected chi connectivity index (χ2v) is 12.7. The number of hydrogen-bond donors (Lipinski definition) is 1. The molecule has 2 aromatic carbocycles.